The van der Waals surface area contributed by atoms with Crippen LogP contribution in [0.25, 0.3) is 88.9 Å². The summed E-state index contributed by atoms with van der Waals surface area (Å²) in [6.07, 6.45) is 0. The van der Waals surface area contributed by atoms with Gasteiger partial charge in [0.25, 0.3) is 0 Å². The predicted molar refractivity (Wildman–Crippen MR) is 217 cm³/mol. The van der Waals surface area contributed by atoms with Crippen molar-refractivity contribution in [2.75, 3.05) is 0 Å². The summed E-state index contributed by atoms with van der Waals surface area (Å²) < 4.78 is 4.61. The molecule has 52 heavy (non-hydrogen) atoms. The number of hydrogen-bond donors (Lipinski definition) is 0. The van der Waals surface area contributed by atoms with Crippen LogP contribution in [0.15, 0.2) is 170 Å². The lowest BCUT2D eigenvalue weighted by Gasteiger charge is -2.13. The van der Waals surface area contributed by atoms with Gasteiger partial charge in [0.1, 0.15) is 5.82 Å². The van der Waals surface area contributed by atoms with Crippen molar-refractivity contribution >= 4 is 66.8 Å². The maximum atomic E-state index is 6.29. The first-order valence-corrected chi connectivity index (χ1v) is 17.9. The average molecular weight is 708 g/mol. The van der Waals surface area contributed by atoms with Crippen LogP contribution in [0.1, 0.15) is 0 Å². The SMILES string of the molecule is Clc1ccc(-c2cc(-n3c4ccccc4c4ccc(-c5ccc6c(c5)c5ccccc5n6-c5ccccc5)cc43)nc(-c3ccc(Cl)cc3)n2)cc1. The van der Waals surface area contributed by atoms with Crippen LogP contribution in [0.4, 0.5) is 0 Å². The van der Waals surface area contributed by atoms with E-state index in [0.29, 0.717) is 15.9 Å². The van der Waals surface area contributed by atoms with E-state index in [1.165, 1.54) is 21.8 Å². The zero-order valence-corrected chi connectivity index (χ0v) is 29.2. The minimum atomic E-state index is 0.612. The van der Waals surface area contributed by atoms with E-state index in [4.69, 9.17) is 33.2 Å². The molecule has 0 aliphatic heterocycles. The predicted octanol–water partition coefficient (Wildman–Crippen LogP) is 13.0. The zero-order chi connectivity index (χ0) is 34.8. The van der Waals surface area contributed by atoms with Crippen molar-refractivity contribution in [1.29, 1.82) is 0 Å². The lowest BCUT2D eigenvalue weighted by molar-refractivity contribution is 1.05. The molecule has 246 valence electrons. The van der Waals surface area contributed by atoms with Crippen LogP contribution >= 0.6 is 23.2 Å². The first-order chi connectivity index (χ1) is 25.6. The molecular formula is C46H28Cl2N4. The number of fused-ring (bicyclic) bond motifs is 6. The fourth-order valence-corrected chi connectivity index (χ4v) is 7.70. The Bertz CT molecular complexity index is 2900. The molecule has 10 rings (SSSR count). The summed E-state index contributed by atoms with van der Waals surface area (Å²) in [4.78, 5) is 10.2. The molecule has 3 heterocycles. The Morgan fingerprint density at radius 2 is 0.904 bits per heavy atom. The number of hydrogen-bond acceptors (Lipinski definition) is 2. The van der Waals surface area contributed by atoms with Crippen molar-refractivity contribution in [3.8, 4) is 45.3 Å². The lowest BCUT2D eigenvalue weighted by atomic mass is 10.0. The summed E-state index contributed by atoms with van der Waals surface area (Å²) in [5, 5.41) is 6.09. The number of halogens is 2. The van der Waals surface area contributed by atoms with Crippen LogP contribution in [0, 0.1) is 0 Å². The van der Waals surface area contributed by atoms with Crippen LogP contribution in [-0.2, 0) is 0 Å². The van der Waals surface area contributed by atoms with Crippen LogP contribution in [0.5, 0.6) is 0 Å². The third kappa shape index (κ3) is 5.07. The first-order valence-electron chi connectivity index (χ1n) is 17.1. The molecule has 0 fully saturated rings. The normalized spacial score (nSPS) is 11.7. The van der Waals surface area contributed by atoms with Gasteiger partial charge >= 0.3 is 0 Å². The standard InChI is InChI=1S/C46H28Cl2N4/c47-33-20-14-29(15-21-33)40-28-45(50-46(49-40)30-16-22-34(48)23-17-30)52-42-13-7-4-10-36(42)38-24-18-32(27-44(38)52)31-19-25-43-39(26-31)37-11-5-6-12-41(37)51(43)35-8-2-1-3-9-35/h1-28H. The minimum Gasteiger partial charge on any atom is -0.309 e. The van der Waals surface area contributed by atoms with E-state index in [1.54, 1.807) is 0 Å². The Hall–Kier alpha value is -6.20. The molecule has 4 nitrogen and oxygen atoms in total. The fourth-order valence-electron chi connectivity index (χ4n) is 7.45. The first kappa shape index (κ1) is 30.6. The Labute approximate surface area is 309 Å². The van der Waals surface area contributed by atoms with E-state index in [-0.39, 0.29) is 0 Å². The van der Waals surface area contributed by atoms with Crippen molar-refractivity contribution in [2.24, 2.45) is 0 Å². The van der Waals surface area contributed by atoms with E-state index in [2.05, 4.69) is 130 Å². The molecule has 10 aromatic rings. The van der Waals surface area contributed by atoms with E-state index in [9.17, 15) is 0 Å². The molecule has 0 radical (unpaired) electrons. The van der Waals surface area contributed by atoms with Crippen LogP contribution in [-0.4, -0.2) is 19.1 Å². The monoisotopic (exact) mass is 706 g/mol. The highest BCUT2D eigenvalue weighted by Gasteiger charge is 2.18. The molecule has 6 heteroatoms. The van der Waals surface area contributed by atoms with Crippen LogP contribution in [0.2, 0.25) is 10.0 Å². The molecule has 0 bridgehead atoms. The summed E-state index contributed by atoms with van der Waals surface area (Å²) in [5.74, 6) is 1.39. The number of para-hydroxylation sites is 3. The third-order valence-corrected chi connectivity index (χ3v) is 10.4. The second-order valence-corrected chi connectivity index (χ2v) is 13.8. The van der Waals surface area contributed by atoms with Gasteiger partial charge in [0, 0.05) is 54.5 Å². The molecule has 3 aromatic heterocycles. The molecule has 0 saturated carbocycles. The number of rotatable bonds is 5. The van der Waals surface area contributed by atoms with E-state index in [0.717, 1.165) is 61.3 Å². The molecule has 0 aliphatic carbocycles. The van der Waals surface area contributed by atoms with Gasteiger partial charge in [-0.3, -0.25) is 4.57 Å². The largest absolute Gasteiger partial charge is 0.309 e. The Morgan fingerprint density at radius 1 is 0.365 bits per heavy atom. The summed E-state index contributed by atoms with van der Waals surface area (Å²) >= 11 is 12.6. The summed E-state index contributed by atoms with van der Waals surface area (Å²) in [6, 6.07) is 58.8. The van der Waals surface area contributed by atoms with Gasteiger partial charge in [0.2, 0.25) is 0 Å². The van der Waals surface area contributed by atoms with Crippen molar-refractivity contribution in [1.82, 2.24) is 19.1 Å². The van der Waals surface area contributed by atoms with Crippen LogP contribution in [0.3, 0.4) is 0 Å². The van der Waals surface area contributed by atoms with Crippen LogP contribution < -0.4 is 0 Å². The summed E-state index contributed by atoms with van der Waals surface area (Å²) in [7, 11) is 0. The van der Waals surface area contributed by atoms with E-state index in [1.807, 2.05) is 48.5 Å². The Balaban J connectivity index is 1.20. The molecule has 7 aromatic carbocycles. The molecule has 0 aliphatic rings. The topological polar surface area (TPSA) is 35.6 Å². The maximum absolute atomic E-state index is 6.29. The van der Waals surface area contributed by atoms with Gasteiger partial charge in [-0.1, -0.05) is 108 Å². The molecule has 0 saturated heterocycles. The minimum absolute atomic E-state index is 0.612. The molecular weight excluding hydrogens is 679 g/mol. The van der Waals surface area contributed by atoms with Gasteiger partial charge < -0.3 is 4.57 Å². The second-order valence-electron chi connectivity index (χ2n) is 13.0. The van der Waals surface area contributed by atoms with Crippen molar-refractivity contribution in [2.45, 2.75) is 0 Å². The smallest absolute Gasteiger partial charge is 0.162 e. The third-order valence-electron chi connectivity index (χ3n) is 9.88. The number of aromatic nitrogens is 4. The second kappa shape index (κ2) is 12.2. The number of nitrogens with zero attached hydrogens (tertiary/aromatic N) is 4. The van der Waals surface area contributed by atoms with Gasteiger partial charge in [-0.25, -0.2) is 9.97 Å². The fraction of sp³-hybridized carbons (Fsp3) is 0. The summed E-state index contributed by atoms with van der Waals surface area (Å²) in [6.45, 7) is 0. The van der Waals surface area contributed by atoms with Crippen molar-refractivity contribution in [3.63, 3.8) is 0 Å². The maximum Gasteiger partial charge on any atom is 0.162 e. The molecule has 0 unspecified atom stereocenters. The van der Waals surface area contributed by atoms with E-state index >= 15 is 0 Å². The van der Waals surface area contributed by atoms with Gasteiger partial charge in [-0.05, 0) is 90.0 Å². The van der Waals surface area contributed by atoms with Crippen molar-refractivity contribution < 1.29 is 0 Å². The molecule has 0 spiro atoms. The quantitative estimate of drug-likeness (QED) is 0.179. The van der Waals surface area contributed by atoms with E-state index < -0.39 is 0 Å². The molecule has 0 amide bonds. The average Bonchev–Trinajstić information content (AvgIpc) is 3.71. The Morgan fingerprint density at radius 3 is 1.63 bits per heavy atom. The van der Waals surface area contributed by atoms with Gasteiger partial charge in [-0.2, -0.15) is 0 Å². The summed E-state index contributed by atoms with van der Waals surface area (Å²) in [5.41, 5.74) is 10.5. The Kier molecular flexibility index (Phi) is 7.20. The van der Waals surface area contributed by atoms with Gasteiger partial charge in [0.05, 0.1) is 27.8 Å². The molecule has 0 N–H and O–H groups in total. The highest BCUT2D eigenvalue weighted by atomic mass is 35.5. The molecule has 0 atom stereocenters. The highest BCUT2D eigenvalue weighted by Crippen LogP contribution is 2.38. The highest BCUT2D eigenvalue weighted by molar-refractivity contribution is 6.31. The lowest BCUT2D eigenvalue weighted by Crippen LogP contribution is -2.02. The van der Waals surface area contributed by atoms with Gasteiger partial charge in [0.15, 0.2) is 5.82 Å². The van der Waals surface area contributed by atoms with Gasteiger partial charge in [-0.15, -0.1) is 0 Å². The van der Waals surface area contributed by atoms with Crippen molar-refractivity contribution in [3.05, 3.63) is 180 Å². The zero-order valence-electron chi connectivity index (χ0n) is 27.7. The number of benzene rings is 7.